The van der Waals surface area contributed by atoms with E-state index in [0.717, 1.165) is 17.6 Å². The van der Waals surface area contributed by atoms with Crippen LogP contribution in [-0.4, -0.2) is 11.7 Å². The molecule has 1 nitrogen and oxygen atoms in total. The van der Waals surface area contributed by atoms with Crippen molar-refractivity contribution >= 4 is 0 Å². The molecule has 0 saturated heterocycles. The molecule has 0 aromatic heterocycles. The number of allylic oxidation sites excluding steroid dienone is 3. The van der Waals surface area contributed by atoms with Gasteiger partial charge < -0.3 is 5.11 Å². The summed E-state index contributed by atoms with van der Waals surface area (Å²) in [5.41, 5.74) is 2.23. The number of hydrogen-bond acceptors (Lipinski definition) is 1. The van der Waals surface area contributed by atoms with Gasteiger partial charge in [0, 0.05) is 5.57 Å². The summed E-state index contributed by atoms with van der Waals surface area (Å²) in [4.78, 5) is 0. The van der Waals surface area contributed by atoms with Gasteiger partial charge in [-0.25, -0.2) is 0 Å². The molecule has 0 spiro atoms. The number of hydrogen-bond donors (Lipinski definition) is 1. The lowest BCUT2D eigenvalue weighted by Crippen LogP contribution is -2.19. The summed E-state index contributed by atoms with van der Waals surface area (Å²) in [5.74, 6) is 3.74. The largest absolute Gasteiger partial charge is 0.392 e. The van der Waals surface area contributed by atoms with Crippen molar-refractivity contribution in [3.8, 4) is 12.3 Å². The van der Waals surface area contributed by atoms with Crippen molar-refractivity contribution in [2.75, 3.05) is 6.61 Å². The van der Waals surface area contributed by atoms with Gasteiger partial charge >= 0.3 is 0 Å². The molecule has 102 valence electrons. The minimum atomic E-state index is 0.0833. The van der Waals surface area contributed by atoms with Crippen molar-refractivity contribution in [1.29, 1.82) is 0 Å². The second-order valence-electron chi connectivity index (χ2n) is 6.55. The fourth-order valence-electron chi connectivity index (χ4n) is 1.93. The molecule has 0 aliphatic carbocycles. The predicted octanol–water partition coefficient (Wildman–Crippen LogP) is 4.19. The molecule has 0 bridgehead atoms. The maximum Gasteiger partial charge on any atom is 0.0642 e. The molecule has 0 heterocycles. The van der Waals surface area contributed by atoms with Gasteiger partial charge in [-0.1, -0.05) is 52.7 Å². The fraction of sp³-hybridized carbons (Fsp3) is 0.647. The van der Waals surface area contributed by atoms with E-state index < -0.39 is 0 Å². The SMILES string of the molecule is C#CC(=CC=C(C)CO)C(CC(C)(C)C)C(C)C. The molecule has 0 radical (unpaired) electrons. The van der Waals surface area contributed by atoms with E-state index in [1.54, 1.807) is 0 Å². The highest BCUT2D eigenvalue weighted by Gasteiger charge is 2.23. The van der Waals surface area contributed by atoms with Crippen LogP contribution in [0.3, 0.4) is 0 Å². The molecule has 0 amide bonds. The summed E-state index contributed by atoms with van der Waals surface area (Å²) >= 11 is 0. The topological polar surface area (TPSA) is 20.2 Å². The first-order chi connectivity index (χ1) is 8.21. The van der Waals surface area contributed by atoms with Gasteiger partial charge in [-0.05, 0) is 36.2 Å². The van der Waals surface area contributed by atoms with Crippen LogP contribution in [0.4, 0.5) is 0 Å². The monoisotopic (exact) mass is 248 g/mol. The van der Waals surface area contributed by atoms with Crippen LogP contribution in [0.2, 0.25) is 0 Å². The van der Waals surface area contributed by atoms with Crippen LogP contribution >= 0.6 is 0 Å². The van der Waals surface area contributed by atoms with Crippen LogP contribution in [0.5, 0.6) is 0 Å². The van der Waals surface area contributed by atoms with Crippen LogP contribution in [-0.2, 0) is 0 Å². The summed E-state index contributed by atoms with van der Waals surface area (Å²) in [6, 6.07) is 0. The molecule has 0 aliphatic rings. The third kappa shape index (κ3) is 6.67. The second-order valence-corrected chi connectivity index (χ2v) is 6.55. The van der Waals surface area contributed by atoms with Crippen molar-refractivity contribution in [3.63, 3.8) is 0 Å². The zero-order valence-electron chi connectivity index (χ0n) is 12.7. The van der Waals surface area contributed by atoms with Crippen molar-refractivity contribution < 1.29 is 5.11 Å². The van der Waals surface area contributed by atoms with Gasteiger partial charge in [-0.3, -0.25) is 0 Å². The Morgan fingerprint density at radius 2 is 1.83 bits per heavy atom. The Morgan fingerprint density at radius 1 is 1.28 bits per heavy atom. The second kappa shape index (κ2) is 7.44. The Bertz CT molecular complexity index is 345. The Balaban J connectivity index is 5.14. The summed E-state index contributed by atoms with van der Waals surface area (Å²) in [6.45, 7) is 13.1. The molecule has 0 fully saturated rings. The molecule has 1 unspecified atom stereocenters. The maximum atomic E-state index is 9.01. The molecule has 1 heteroatoms. The quantitative estimate of drug-likeness (QED) is 0.571. The van der Waals surface area contributed by atoms with Crippen LogP contribution in [0, 0.1) is 29.6 Å². The number of terminal acetylenes is 1. The summed E-state index contributed by atoms with van der Waals surface area (Å²) in [5, 5.41) is 9.01. The number of aliphatic hydroxyl groups excluding tert-OH is 1. The molecule has 1 N–H and O–H groups in total. The van der Waals surface area contributed by atoms with Crippen molar-refractivity contribution in [3.05, 3.63) is 23.3 Å². The zero-order valence-corrected chi connectivity index (χ0v) is 12.7. The summed E-state index contributed by atoms with van der Waals surface area (Å²) < 4.78 is 0. The van der Waals surface area contributed by atoms with E-state index in [1.165, 1.54) is 0 Å². The number of aliphatic hydroxyl groups is 1. The Hall–Kier alpha value is -1.00. The fourth-order valence-corrected chi connectivity index (χ4v) is 1.93. The molecule has 0 saturated carbocycles. The van der Waals surface area contributed by atoms with Crippen LogP contribution in [0.15, 0.2) is 23.3 Å². The Kier molecular flexibility index (Phi) is 7.02. The standard InChI is InChI=1S/C17H28O/c1-8-15(10-9-14(4)12-18)16(13(2)3)11-17(5,6)7/h1,9-10,13,16,18H,11-12H2,2-7H3. The highest BCUT2D eigenvalue weighted by Crippen LogP contribution is 2.33. The van der Waals surface area contributed by atoms with E-state index in [0.29, 0.717) is 11.8 Å². The smallest absolute Gasteiger partial charge is 0.0642 e. The first kappa shape index (κ1) is 17.0. The van der Waals surface area contributed by atoms with E-state index in [1.807, 2.05) is 19.1 Å². The third-order valence-corrected chi connectivity index (χ3v) is 3.00. The van der Waals surface area contributed by atoms with Crippen molar-refractivity contribution in [2.24, 2.45) is 17.3 Å². The van der Waals surface area contributed by atoms with Gasteiger partial charge in [0.2, 0.25) is 0 Å². The van der Waals surface area contributed by atoms with Crippen LogP contribution < -0.4 is 0 Å². The molecule has 0 aromatic rings. The third-order valence-electron chi connectivity index (χ3n) is 3.00. The van der Waals surface area contributed by atoms with Gasteiger partial charge in [0.1, 0.15) is 0 Å². The normalized spacial score (nSPS) is 15.7. The van der Waals surface area contributed by atoms with Gasteiger partial charge in [-0.2, -0.15) is 0 Å². The van der Waals surface area contributed by atoms with Gasteiger partial charge in [0.15, 0.2) is 0 Å². The maximum absolute atomic E-state index is 9.01. The molecule has 0 aromatic carbocycles. The van der Waals surface area contributed by atoms with Gasteiger partial charge in [0.05, 0.1) is 6.61 Å². The Morgan fingerprint density at radius 3 is 2.17 bits per heavy atom. The highest BCUT2D eigenvalue weighted by molar-refractivity contribution is 5.33. The highest BCUT2D eigenvalue weighted by atomic mass is 16.3. The average Bonchev–Trinajstić information content (AvgIpc) is 2.26. The van der Waals surface area contributed by atoms with E-state index in [-0.39, 0.29) is 12.0 Å². The molecular formula is C17H28O. The summed E-state index contributed by atoms with van der Waals surface area (Å²) in [7, 11) is 0. The molecule has 0 aliphatic heterocycles. The lowest BCUT2D eigenvalue weighted by Gasteiger charge is -2.29. The Labute approximate surface area is 113 Å². The summed E-state index contributed by atoms with van der Waals surface area (Å²) in [6.07, 6.45) is 10.6. The molecule has 0 rings (SSSR count). The van der Waals surface area contributed by atoms with Gasteiger partial charge in [-0.15, -0.1) is 6.42 Å². The lowest BCUT2D eigenvalue weighted by molar-refractivity contribution is 0.276. The van der Waals surface area contributed by atoms with E-state index in [4.69, 9.17) is 11.5 Å². The molecular weight excluding hydrogens is 220 g/mol. The average molecular weight is 248 g/mol. The number of rotatable bonds is 5. The van der Waals surface area contributed by atoms with Crippen molar-refractivity contribution in [1.82, 2.24) is 0 Å². The van der Waals surface area contributed by atoms with E-state index in [9.17, 15) is 0 Å². The lowest BCUT2D eigenvalue weighted by atomic mass is 9.76. The van der Waals surface area contributed by atoms with Crippen LogP contribution in [0.25, 0.3) is 0 Å². The van der Waals surface area contributed by atoms with Crippen molar-refractivity contribution in [2.45, 2.75) is 48.0 Å². The minimum Gasteiger partial charge on any atom is -0.392 e. The molecule has 1 atom stereocenters. The van der Waals surface area contributed by atoms with E-state index in [2.05, 4.69) is 40.5 Å². The van der Waals surface area contributed by atoms with Crippen LogP contribution in [0.1, 0.15) is 48.0 Å². The van der Waals surface area contributed by atoms with Gasteiger partial charge in [0.25, 0.3) is 0 Å². The first-order valence-corrected chi connectivity index (χ1v) is 6.66. The zero-order chi connectivity index (χ0) is 14.3. The van der Waals surface area contributed by atoms with E-state index >= 15 is 0 Å². The first-order valence-electron chi connectivity index (χ1n) is 6.66. The minimum absolute atomic E-state index is 0.0833. The predicted molar refractivity (Wildman–Crippen MR) is 80.2 cm³/mol. The molecule has 18 heavy (non-hydrogen) atoms.